The summed E-state index contributed by atoms with van der Waals surface area (Å²) >= 11 is 0. The van der Waals surface area contributed by atoms with E-state index in [1.54, 1.807) is 21.3 Å². The van der Waals surface area contributed by atoms with Crippen LogP contribution in [0.2, 0.25) is 0 Å². The molecule has 1 N–H and O–H groups in total. The Balaban J connectivity index is 2.23. The fraction of sp³-hybridized carbons (Fsp3) is 0.458. The Kier molecular flexibility index (Phi) is 6.87. The minimum atomic E-state index is -0.781. The average molecular weight is 414 g/mol. The molecule has 0 saturated carbocycles. The zero-order chi connectivity index (χ0) is 21.8. The van der Waals surface area contributed by atoms with Crippen LogP contribution in [0.4, 0.5) is 0 Å². The normalized spacial score (nSPS) is 18.0. The number of piperidine rings is 1. The second-order valence-corrected chi connectivity index (χ2v) is 7.81. The lowest BCUT2D eigenvalue weighted by Gasteiger charge is -2.40. The number of hydrogen-bond acceptors (Lipinski definition) is 5. The van der Waals surface area contributed by atoms with Gasteiger partial charge in [0.05, 0.1) is 27.4 Å². The first-order valence-electron chi connectivity index (χ1n) is 10.3. The highest BCUT2D eigenvalue weighted by atomic mass is 16.5. The summed E-state index contributed by atoms with van der Waals surface area (Å²) in [6.07, 6.45) is 2.53. The molecule has 6 heteroatoms. The van der Waals surface area contributed by atoms with Crippen molar-refractivity contribution in [2.24, 2.45) is 0 Å². The van der Waals surface area contributed by atoms with E-state index in [-0.39, 0.29) is 6.04 Å². The van der Waals surface area contributed by atoms with Crippen molar-refractivity contribution in [2.75, 3.05) is 27.9 Å². The Labute approximate surface area is 178 Å². The van der Waals surface area contributed by atoms with Crippen molar-refractivity contribution >= 4 is 5.97 Å². The first-order valence-corrected chi connectivity index (χ1v) is 10.3. The molecule has 162 valence electrons. The van der Waals surface area contributed by atoms with Crippen molar-refractivity contribution in [1.29, 1.82) is 0 Å². The lowest BCUT2D eigenvalue weighted by atomic mass is 9.88. The van der Waals surface area contributed by atoms with Gasteiger partial charge in [-0.15, -0.1) is 0 Å². The number of hydrogen-bond donors (Lipinski definition) is 1. The van der Waals surface area contributed by atoms with Crippen LogP contribution in [-0.4, -0.2) is 49.9 Å². The molecule has 1 aliphatic rings. The number of aliphatic carboxylic acids is 1. The summed E-state index contributed by atoms with van der Waals surface area (Å²) in [5, 5.41) is 9.94. The third-order valence-corrected chi connectivity index (χ3v) is 5.88. The van der Waals surface area contributed by atoms with Crippen LogP contribution in [0.1, 0.15) is 47.6 Å². The molecule has 0 radical (unpaired) electrons. The molecule has 1 saturated heterocycles. The molecular weight excluding hydrogens is 382 g/mol. The number of carboxylic acids is 1. The topological polar surface area (TPSA) is 68.2 Å². The van der Waals surface area contributed by atoms with Gasteiger partial charge in [0.15, 0.2) is 11.5 Å². The molecule has 6 nitrogen and oxygen atoms in total. The van der Waals surface area contributed by atoms with Gasteiger partial charge in [-0.2, -0.15) is 0 Å². The Bertz CT molecular complexity index is 885. The SMILES string of the molecule is COc1cc(C(c2ccc(C)cc2C)N2CCCCC2C(=O)O)cc(OC)c1OC. The zero-order valence-electron chi connectivity index (χ0n) is 18.4. The summed E-state index contributed by atoms with van der Waals surface area (Å²) in [6, 6.07) is 9.40. The van der Waals surface area contributed by atoms with Crippen molar-refractivity contribution in [3.63, 3.8) is 0 Å². The number of carbonyl (C=O) groups is 1. The fourth-order valence-corrected chi connectivity index (χ4v) is 4.47. The summed E-state index contributed by atoms with van der Waals surface area (Å²) in [6.45, 7) is 4.85. The summed E-state index contributed by atoms with van der Waals surface area (Å²) < 4.78 is 16.6. The van der Waals surface area contributed by atoms with E-state index >= 15 is 0 Å². The molecule has 30 heavy (non-hydrogen) atoms. The van der Waals surface area contributed by atoms with Gasteiger partial charge in [0.2, 0.25) is 5.75 Å². The average Bonchev–Trinajstić information content (AvgIpc) is 2.74. The van der Waals surface area contributed by atoms with Crippen LogP contribution >= 0.6 is 0 Å². The van der Waals surface area contributed by atoms with Crippen molar-refractivity contribution in [3.05, 3.63) is 52.6 Å². The summed E-state index contributed by atoms with van der Waals surface area (Å²) in [7, 11) is 4.76. The van der Waals surface area contributed by atoms with Gasteiger partial charge in [-0.1, -0.05) is 30.2 Å². The molecule has 1 aliphatic heterocycles. The molecule has 1 heterocycles. The van der Waals surface area contributed by atoms with Crippen LogP contribution in [0.25, 0.3) is 0 Å². The van der Waals surface area contributed by atoms with Crippen LogP contribution in [0, 0.1) is 13.8 Å². The fourth-order valence-electron chi connectivity index (χ4n) is 4.47. The van der Waals surface area contributed by atoms with Gasteiger partial charge in [-0.3, -0.25) is 9.69 Å². The maximum absolute atomic E-state index is 12.1. The lowest BCUT2D eigenvalue weighted by molar-refractivity contribution is -0.145. The van der Waals surface area contributed by atoms with Crippen LogP contribution in [0.3, 0.4) is 0 Å². The van der Waals surface area contributed by atoms with Gasteiger partial charge in [-0.05, 0) is 62.1 Å². The van der Waals surface area contributed by atoms with Crippen LogP contribution in [0.15, 0.2) is 30.3 Å². The number of nitrogens with zero attached hydrogens (tertiary/aromatic N) is 1. The molecule has 0 bridgehead atoms. The molecule has 2 unspecified atom stereocenters. The van der Waals surface area contributed by atoms with E-state index in [0.29, 0.717) is 30.2 Å². The molecule has 1 fully saturated rings. The zero-order valence-corrected chi connectivity index (χ0v) is 18.4. The van der Waals surface area contributed by atoms with Gasteiger partial charge < -0.3 is 19.3 Å². The first kappa shape index (κ1) is 22.0. The number of benzene rings is 2. The third kappa shape index (κ3) is 4.24. The maximum atomic E-state index is 12.1. The molecule has 0 aromatic heterocycles. The predicted molar refractivity (Wildman–Crippen MR) is 116 cm³/mol. The minimum absolute atomic E-state index is 0.235. The number of ether oxygens (including phenoxy) is 3. The van der Waals surface area contributed by atoms with E-state index in [0.717, 1.165) is 29.5 Å². The van der Waals surface area contributed by atoms with E-state index in [4.69, 9.17) is 14.2 Å². The molecule has 0 spiro atoms. The van der Waals surface area contributed by atoms with Crippen molar-refractivity contribution in [3.8, 4) is 17.2 Å². The number of carboxylic acid groups (broad SMARTS) is 1. The van der Waals surface area contributed by atoms with E-state index in [1.165, 1.54) is 5.56 Å². The number of methoxy groups -OCH3 is 3. The van der Waals surface area contributed by atoms with Crippen LogP contribution in [-0.2, 0) is 4.79 Å². The smallest absolute Gasteiger partial charge is 0.320 e. The minimum Gasteiger partial charge on any atom is -0.493 e. The van der Waals surface area contributed by atoms with E-state index in [2.05, 4.69) is 36.9 Å². The lowest BCUT2D eigenvalue weighted by Crippen LogP contribution is -2.47. The standard InChI is InChI=1S/C24H31NO5/c1-15-9-10-18(16(2)12-15)22(25-11-7-6-8-19(25)24(26)27)17-13-20(28-3)23(30-5)21(14-17)29-4/h9-10,12-14,19,22H,6-8,11H2,1-5H3,(H,26,27). The Morgan fingerprint density at radius 1 is 1.03 bits per heavy atom. The summed E-state index contributed by atoms with van der Waals surface area (Å²) in [4.78, 5) is 14.2. The highest BCUT2D eigenvalue weighted by molar-refractivity contribution is 5.74. The highest BCUT2D eigenvalue weighted by Crippen LogP contribution is 2.44. The highest BCUT2D eigenvalue weighted by Gasteiger charge is 2.36. The molecule has 3 rings (SSSR count). The van der Waals surface area contributed by atoms with Gasteiger partial charge in [0, 0.05) is 0 Å². The van der Waals surface area contributed by atoms with E-state index in [1.807, 2.05) is 12.1 Å². The predicted octanol–water partition coefficient (Wildman–Crippen LogP) is 4.36. The molecule has 2 aromatic rings. The quantitative estimate of drug-likeness (QED) is 0.728. The Morgan fingerprint density at radius 3 is 2.23 bits per heavy atom. The van der Waals surface area contributed by atoms with Gasteiger partial charge in [-0.25, -0.2) is 0 Å². The van der Waals surface area contributed by atoms with Gasteiger partial charge in [0.25, 0.3) is 0 Å². The number of rotatable bonds is 7. The molecular formula is C24H31NO5. The summed E-state index contributed by atoms with van der Waals surface area (Å²) in [5.41, 5.74) is 4.31. The second kappa shape index (κ2) is 9.39. The first-order chi connectivity index (χ1) is 14.4. The second-order valence-electron chi connectivity index (χ2n) is 7.81. The monoisotopic (exact) mass is 413 g/mol. The number of aryl methyl sites for hydroxylation is 2. The maximum Gasteiger partial charge on any atom is 0.320 e. The Morgan fingerprint density at radius 2 is 1.70 bits per heavy atom. The van der Waals surface area contributed by atoms with Crippen molar-refractivity contribution < 1.29 is 24.1 Å². The molecule has 2 atom stereocenters. The van der Waals surface area contributed by atoms with E-state index in [9.17, 15) is 9.90 Å². The van der Waals surface area contributed by atoms with Crippen molar-refractivity contribution in [1.82, 2.24) is 4.90 Å². The Hall–Kier alpha value is -2.73. The third-order valence-electron chi connectivity index (χ3n) is 5.88. The van der Waals surface area contributed by atoms with E-state index < -0.39 is 12.0 Å². The van der Waals surface area contributed by atoms with Gasteiger partial charge in [0.1, 0.15) is 6.04 Å². The molecule has 0 aliphatic carbocycles. The van der Waals surface area contributed by atoms with Crippen LogP contribution in [0.5, 0.6) is 17.2 Å². The number of likely N-dealkylation sites (tertiary alicyclic amines) is 1. The largest absolute Gasteiger partial charge is 0.493 e. The van der Waals surface area contributed by atoms with Gasteiger partial charge >= 0.3 is 5.97 Å². The molecule has 0 amide bonds. The van der Waals surface area contributed by atoms with Crippen molar-refractivity contribution in [2.45, 2.75) is 45.2 Å². The summed E-state index contributed by atoms with van der Waals surface area (Å²) in [5.74, 6) is 0.865. The van der Waals surface area contributed by atoms with Crippen LogP contribution < -0.4 is 14.2 Å². The molecule has 2 aromatic carbocycles.